The SMILES string of the molecule is Cc1ccc(C(=O)Nc2cc(N(C)C)c(F)c(C(F)(F)F)c2)cc1-n1cc(-c2cnn(C)c2C)nn1. The highest BCUT2D eigenvalue weighted by Crippen LogP contribution is 2.37. The first kappa shape index (κ1) is 24.9. The van der Waals surface area contributed by atoms with Gasteiger partial charge >= 0.3 is 6.18 Å². The van der Waals surface area contributed by atoms with Gasteiger partial charge in [-0.3, -0.25) is 9.48 Å². The maximum Gasteiger partial charge on any atom is 0.419 e. The molecule has 12 heteroatoms. The Kier molecular flexibility index (Phi) is 6.29. The molecule has 0 radical (unpaired) electrons. The van der Waals surface area contributed by atoms with Crippen molar-refractivity contribution in [2.45, 2.75) is 20.0 Å². The van der Waals surface area contributed by atoms with E-state index in [-0.39, 0.29) is 16.9 Å². The normalized spacial score (nSPS) is 11.6. The molecule has 1 N–H and O–H groups in total. The van der Waals surface area contributed by atoms with Crippen LogP contribution in [0.5, 0.6) is 0 Å². The van der Waals surface area contributed by atoms with Gasteiger partial charge in [0.05, 0.1) is 29.3 Å². The van der Waals surface area contributed by atoms with Gasteiger partial charge in [-0.25, -0.2) is 9.07 Å². The standard InChI is InChI=1S/C24H23F4N7O/c1-13-6-7-15(8-20(13)35-12-19(31-32-35)17-11-29-34(5)14(17)2)23(36)30-16-9-18(24(26,27)28)22(25)21(10-16)33(3)4/h6-12H,1-5H3,(H,30,36). The molecule has 0 unspecified atom stereocenters. The number of aromatic nitrogens is 5. The maximum atomic E-state index is 14.4. The summed E-state index contributed by atoms with van der Waals surface area (Å²) in [5, 5.41) is 15.0. The summed E-state index contributed by atoms with van der Waals surface area (Å²) in [7, 11) is 4.64. The van der Waals surface area contributed by atoms with Crippen LogP contribution in [0.25, 0.3) is 16.9 Å². The number of amides is 1. The number of anilines is 2. The van der Waals surface area contributed by atoms with Crippen LogP contribution in [-0.2, 0) is 13.2 Å². The molecular formula is C24H23F4N7O. The van der Waals surface area contributed by atoms with Crippen LogP contribution >= 0.6 is 0 Å². The summed E-state index contributed by atoms with van der Waals surface area (Å²) >= 11 is 0. The van der Waals surface area contributed by atoms with E-state index in [9.17, 15) is 22.4 Å². The Morgan fingerprint density at radius 2 is 1.83 bits per heavy atom. The lowest BCUT2D eigenvalue weighted by Gasteiger charge is -2.19. The van der Waals surface area contributed by atoms with Crippen molar-refractivity contribution in [2.75, 3.05) is 24.3 Å². The van der Waals surface area contributed by atoms with Gasteiger partial charge in [0, 0.05) is 43.7 Å². The second kappa shape index (κ2) is 9.10. The second-order valence-corrected chi connectivity index (χ2v) is 8.52. The van der Waals surface area contributed by atoms with Gasteiger partial charge in [-0.15, -0.1) is 5.10 Å². The zero-order valence-corrected chi connectivity index (χ0v) is 20.1. The van der Waals surface area contributed by atoms with Gasteiger partial charge < -0.3 is 10.2 Å². The minimum Gasteiger partial charge on any atom is -0.375 e. The van der Waals surface area contributed by atoms with Crippen LogP contribution in [-0.4, -0.2) is 44.8 Å². The molecule has 0 atom stereocenters. The molecular weight excluding hydrogens is 478 g/mol. The monoisotopic (exact) mass is 501 g/mol. The highest BCUT2D eigenvalue weighted by atomic mass is 19.4. The first-order chi connectivity index (χ1) is 16.9. The predicted molar refractivity (Wildman–Crippen MR) is 127 cm³/mol. The maximum absolute atomic E-state index is 14.4. The lowest BCUT2D eigenvalue weighted by atomic mass is 10.1. The summed E-state index contributed by atoms with van der Waals surface area (Å²) in [4.78, 5) is 14.2. The number of halogens is 4. The van der Waals surface area contributed by atoms with Crippen LogP contribution in [0.3, 0.4) is 0 Å². The van der Waals surface area contributed by atoms with Gasteiger partial charge in [-0.1, -0.05) is 11.3 Å². The lowest BCUT2D eigenvalue weighted by Crippen LogP contribution is -2.18. The quantitative estimate of drug-likeness (QED) is 0.399. The lowest BCUT2D eigenvalue weighted by molar-refractivity contribution is -0.139. The highest BCUT2D eigenvalue weighted by Gasteiger charge is 2.36. The van der Waals surface area contributed by atoms with E-state index in [0.717, 1.165) is 22.9 Å². The Morgan fingerprint density at radius 3 is 2.44 bits per heavy atom. The van der Waals surface area contributed by atoms with E-state index in [4.69, 9.17) is 0 Å². The Bertz CT molecular complexity index is 1450. The molecule has 2 aromatic carbocycles. The van der Waals surface area contributed by atoms with Crippen LogP contribution in [0.1, 0.15) is 27.2 Å². The number of rotatable bonds is 5. The Labute approximate surface area is 204 Å². The number of aryl methyl sites for hydroxylation is 2. The molecule has 0 saturated carbocycles. The van der Waals surface area contributed by atoms with Crippen LogP contribution in [0, 0.1) is 19.7 Å². The van der Waals surface area contributed by atoms with E-state index in [2.05, 4.69) is 20.7 Å². The van der Waals surface area contributed by atoms with Crippen molar-refractivity contribution in [1.82, 2.24) is 24.8 Å². The van der Waals surface area contributed by atoms with E-state index in [1.54, 1.807) is 35.3 Å². The van der Waals surface area contributed by atoms with Crippen molar-refractivity contribution in [3.8, 4) is 16.9 Å². The van der Waals surface area contributed by atoms with E-state index in [0.29, 0.717) is 17.4 Å². The highest BCUT2D eigenvalue weighted by molar-refractivity contribution is 6.05. The van der Waals surface area contributed by atoms with E-state index in [1.165, 1.54) is 23.7 Å². The molecule has 0 aliphatic heterocycles. The summed E-state index contributed by atoms with van der Waals surface area (Å²) in [5.41, 5.74) is 1.89. The van der Waals surface area contributed by atoms with Crippen LogP contribution < -0.4 is 10.2 Å². The van der Waals surface area contributed by atoms with Gasteiger partial charge in [0.15, 0.2) is 5.82 Å². The Morgan fingerprint density at radius 1 is 1.11 bits per heavy atom. The first-order valence-electron chi connectivity index (χ1n) is 10.8. The molecule has 4 aromatic rings. The summed E-state index contributed by atoms with van der Waals surface area (Å²) in [6, 6.07) is 6.52. The Hall–Kier alpha value is -4.22. The molecule has 36 heavy (non-hydrogen) atoms. The summed E-state index contributed by atoms with van der Waals surface area (Å²) in [6.45, 7) is 3.73. The number of benzene rings is 2. The third-order valence-electron chi connectivity index (χ3n) is 5.82. The zero-order chi connectivity index (χ0) is 26.4. The molecule has 0 bridgehead atoms. The number of hydrogen-bond acceptors (Lipinski definition) is 5. The molecule has 0 aliphatic rings. The largest absolute Gasteiger partial charge is 0.419 e. The predicted octanol–water partition coefficient (Wildman–Crippen LogP) is 4.76. The number of alkyl halides is 3. The van der Waals surface area contributed by atoms with Crippen LogP contribution in [0.2, 0.25) is 0 Å². The van der Waals surface area contributed by atoms with E-state index >= 15 is 0 Å². The number of carbonyl (C=O) groups is 1. The summed E-state index contributed by atoms with van der Waals surface area (Å²) in [6.07, 6.45) is -1.54. The number of carbonyl (C=O) groups excluding carboxylic acids is 1. The van der Waals surface area contributed by atoms with Crippen molar-refractivity contribution in [3.05, 3.63) is 70.9 Å². The van der Waals surface area contributed by atoms with Crippen molar-refractivity contribution >= 4 is 17.3 Å². The van der Waals surface area contributed by atoms with Crippen molar-refractivity contribution in [1.29, 1.82) is 0 Å². The third kappa shape index (κ3) is 4.66. The molecule has 188 valence electrons. The van der Waals surface area contributed by atoms with Gasteiger partial charge in [-0.05, 0) is 43.7 Å². The first-order valence-corrected chi connectivity index (χ1v) is 10.8. The van der Waals surface area contributed by atoms with Gasteiger partial charge in [0.1, 0.15) is 5.69 Å². The fourth-order valence-corrected chi connectivity index (χ4v) is 3.67. The molecule has 0 saturated heterocycles. The molecule has 8 nitrogen and oxygen atoms in total. The average Bonchev–Trinajstić information content (AvgIpc) is 3.41. The fourth-order valence-electron chi connectivity index (χ4n) is 3.67. The Balaban J connectivity index is 1.66. The van der Waals surface area contributed by atoms with Gasteiger partial charge in [0.2, 0.25) is 0 Å². The smallest absolute Gasteiger partial charge is 0.375 e. The van der Waals surface area contributed by atoms with Gasteiger partial charge in [0.25, 0.3) is 5.91 Å². The zero-order valence-electron chi connectivity index (χ0n) is 20.1. The average molecular weight is 501 g/mol. The number of nitrogens with one attached hydrogen (secondary N) is 1. The topological polar surface area (TPSA) is 80.9 Å². The molecule has 2 aromatic heterocycles. The molecule has 0 aliphatic carbocycles. The summed E-state index contributed by atoms with van der Waals surface area (Å²) in [5.74, 6) is -2.07. The van der Waals surface area contributed by atoms with Gasteiger partial charge in [-0.2, -0.15) is 18.3 Å². The second-order valence-electron chi connectivity index (χ2n) is 8.52. The minimum absolute atomic E-state index is 0.175. The number of nitrogens with zero attached hydrogens (tertiary/aromatic N) is 6. The van der Waals surface area contributed by atoms with Crippen LogP contribution in [0.15, 0.2) is 42.7 Å². The molecule has 1 amide bonds. The van der Waals surface area contributed by atoms with Crippen molar-refractivity contribution < 1.29 is 22.4 Å². The van der Waals surface area contributed by atoms with E-state index < -0.39 is 23.5 Å². The molecule has 0 fully saturated rings. The fraction of sp³-hybridized carbons (Fsp3) is 0.250. The molecule has 2 heterocycles. The van der Waals surface area contributed by atoms with E-state index in [1.807, 2.05) is 20.9 Å². The number of hydrogen-bond donors (Lipinski definition) is 1. The minimum atomic E-state index is -4.93. The summed E-state index contributed by atoms with van der Waals surface area (Å²) < 4.78 is 57.8. The van der Waals surface area contributed by atoms with Crippen molar-refractivity contribution in [3.63, 3.8) is 0 Å². The van der Waals surface area contributed by atoms with Crippen LogP contribution in [0.4, 0.5) is 28.9 Å². The third-order valence-corrected chi connectivity index (χ3v) is 5.82. The molecule has 4 rings (SSSR count). The molecule has 0 spiro atoms. The van der Waals surface area contributed by atoms with Crippen molar-refractivity contribution in [2.24, 2.45) is 7.05 Å².